The van der Waals surface area contributed by atoms with Crippen molar-refractivity contribution in [1.82, 2.24) is 0 Å². The Morgan fingerprint density at radius 3 is 1.04 bits per heavy atom. The second-order valence-electron chi connectivity index (χ2n) is 6.47. The third-order valence-electron chi connectivity index (χ3n) is 3.69. The minimum Gasteiger partial charge on any atom is -0.103 e. The van der Waals surface area contributed by atoms with Gasteiger partial charge in [0.1, 0.15) is 0 Å². The van der Waals surface area contributed by atoms with Crippen LogP contribution in [0.1, 0.15) is 134 Å². The molecule has 0 heterocycles. The largest absolute Gasteiger partial charge is 0.103 e. The summed E-state index contributed by atoms with van der Waals surface area (Å²) in [5, 5.41) is 0. The standard InChI is InChI=1S/C6H10.C5H10.C5H12.C3H8.3C2H6/c1-2-6-4-3-5-6;1-5-3-2-4-5;1-4-5(2)3;1-3-2;3*1-2/h2,6H,1,3-5H2;5H,2-4H2,1H3;5H,4H2,1-3H3;3H2,1-2H3;3*1-2H3. The fraction of sp³-hybridized carbons (Fsp3) is 0.920. The van der Waals surface area contributed by atoms with E-state index in [1.807, 2.05) is 41.5 Å². The summed E-state index contributed by atoms with van der Waals surface area (Å²) in [4.78, 5) is 0. The Morgan fingerprint density at radius 1 is 0.800 bits per heavy atom. The zero-order valence-corrected chi connectivity index (χ0v) is 20.7. The average Bonchev–Trinajstić information content (AvgIpc) is 2.59. The van der Waals surface area contributed by atoms with Crippen LogP contribution < -0.4 is 0 Å². The number of hydrogen-bond acceptors (Lipinski definition) is 0. The van der Waals surface area contributed by atoms with Crippen LogP contribution in [0.5, 0.6) is 0 Å². The summed E-state index contributed by atoms with van der Waals surface area (Å²) in [6.45, 7) is 28.9. The van der Waals surface area contributed by atoms with E-state index < -0.39 is 0 Å². The van der Waals surface area contributed by atoms with Gasteiger partial charge >= 0.3 is 0 Å². The van der Waals surface area contributed by atoms with E-state index in [0.29, 0.717) is 0 Å². The van der Waals surface area contributed by atoms with Crippen LogP contribution in [0.25, 0.3) is 0 Å². The van der Waals surface area contributed by atoms with Gasteiger partial charge in [0, 0.05) is 0 Å². The van der Waals surface area contributed by atoms with Crippen LogP contribution in [0, 0.1) is 17.8 Å². The normalized spacial score (nSPS) is 14.0. The monoisotopic (exact) mass is 358 g/mol. The van der Waals surface area contributed by atoms with Crippen molar-refractivity contribution in [1.29, 1.82) is 0 Å². The minimum atomic E-state index is 0.880. The lowest BCUT2D eigenvalue weighted by atomic mass is 9.86. The zero-order valence-electron chi connectivity index (χ0n) is 20.7. The van der Waals surface area contributed by atoms with E-state index in [2.05, 4.69) is 54.2 Å². The van der Waals surface area contributed by atoms with Crippen LogP contribution >= 0.6 is 0 Å². The van der Waals surface area contributed by atoms with Crippen molar-refractivity contribution < 1.29 is 0 Å². The first kappa shape index (κ1) is 35.8. The molecule has 0 aromatic heterocycles. The van der Waals surface area contributed by atoms with Crippen LogP contribution in [0.4, 0.5) is 0 Å². The summed E-state index contributed by atoms with van der Waals surface area (Å²) in [5.74, 6) is 2.83. The highest BCUT2D eigenvalue weighted by atomic mass is 14.2. The van der Waals surface area contributed by atoms with Gasteiger partial charge in [0.25, 0.3) is 0 Å². The first-order valence-corrected chi connectivity index (χ1v) is 11.6. The van der Waals surface area contributed by atoms with Gasteiger partial charge in [0.05, 0.1) is 0 Å². The third-order valence-corrected chi connectivity index (χ3v) is 3.69. The Hall–Kier alpha value is -0.260. The number of rotatable bonds is 2. The maximum atomic E-state index is 3.68. The van der Waals surface area contributed by atoms with Crippen LogP contribution in [-0.2, 0) is 0 Å². The molecule has 0 amide bonds. The molecule has 0 N–H and O–H groups in total. The molecule has 0 saturated heterocycles. The minimum absolute atomic E-state index is 0.880. The molecule has 2 rings (SSSR count). The average molecular weight is 359 g/mol. The van der Waals surface area contributed by atoms with Crippen LogP contribution in [0.2, 0.25) is 0 Å². The molecule has 2 aliphatic rings. The van der Waals surface area contributed by atoms with Gasteiger partial charge in [-0.05, 0) is 30.6 Å². The van der Waals surface area contributed by atoms with Crippen molar-refractivity contribution in [3.63, 3.8) is 0 Å². The van der Waals surface area contributed by atoms with Crippen LogP contribution in [0.3, 0.4) is 0 Å². The quantitative estimate of drug-likeness (QED) is 0.430. The van der Waals surface area contributed by atoms with Gasteiger partial charge in [0.2, 0.25) is 0 Å². The first-order chi connectivity index (χ1) is 12.0. The fourth-order valence-corrected chi connectivity index (χ4v) is 1.29. The molecule has 0 radical (unpaired) electrons. The molecule has 2 fully saturated rings. The molecule has 2 aliphatic carbocycles. The van der Waals surface area contributed by atoms with Crippen LogP contribution in [0.15, 0.2) is 12.7 Å². The van der Waals surface area contributed by atoms with E-state index in [0.717, 1.165) is 17.8 Å². The lowest BCUT2D eigenvalue weighted by Gasteiger charge is -2.20. The van der Waals surface area contributed by atoms with Gasteiger partial charge in [0.15, 0.2) is 0 Å². The van der Waals surface area contributed by atoms with Gasteiger partial charge in [-0.2, -0.15) is 0 Å². The summed E-state index contributed by atoms with van der Waals surface area (Å²) in [6, 6.07) is 0. The van der Waals surface area contributed by atoms with Crippen molar-refractivity contribution >= 4 is 0 Å². The Kier molecular flexibility index (Phi) is 55.8. The maximum absolute atomic E-state index is 3.68. The first-order valence-electron chi connectivity index (χ1n) is 11.6. The second-order valence-corrected chi connectivity index (χ2v) is 6.47. The van der Waals surface area contributed by atoms with E-state index in [4.69, 9.17) is 0 Å². The molecule has 2 saturated carbocycles. The second kappa shape index (κ2) is 39.0. The Balaban J connectivity index is -0.0000000658. The summed E-state index contributed by atoms with van der Waals surface area (Å²) < 4.78 is 0. The highest BCUT2D eigenvalue weighted by molar-refractivity contribution is 4.84. The van der Waals surface area contributed by atoms with Crippen molar-refractivity contribution in [2.24, 2.45) is 17.8 Å². The smallest absolute Gasteiger partial charge is 0.0236 e. The van der Waals surface area contributed by atoms with Crippen LogP contribution in [-0.4, -0.2) is 0 Å². The molecule has 0 nitrogen and oxygen atoms in total. The predicted molar refractivity (Wildman–Crippen MR) is 126 cm³/mol. The summed E-state index contributed by atoms with van der Waals surface area (Å²) in [5.41, 5.74) is 0. The van der Waals surface area contributed by atoms with Crippen molar-refractivity contribution in [2.45, 2.75) is 134 Å². The highest BCUT2D eigenvalue weighted by Crippen LogP contribution is 2.26. The van der Waals surface area contributed by atoms with E-state index in [1.165, 1.54) is 51.4 Å². The van der Waals surface area contributed by atoms with Gasteiger partial charge < -0.3 is 0 Å². The Bertz CT molecular complexity index is 157. The molecule has 0 aromatic carbocycles. The van der Waals surface area contributed by atoms with E-state index >= 15 is 0 Å². The molecule has 0 atom stereocenters. The molecule has 0 heteroatoms. The van der Waals surface area contributed by atoms with E-state index in [1.54, 1.807) is 0 Å². The molecule has 158 valence electrons. The van der Waals surface area contributed by atoms with Gasteiger partial charge in [-0.3, -0.25) is 0 Å². The summed E-state index contributed by atoms with van der Waals surface area (Å²) in [6.07, 6.45) is 13.3. The van der Waals surface area contributed by atoms with Gasteiger partial charge in [-0.25, -0.2) is 0 Å². The maximum Gasteiger partial charge on any atom is -0.0236 e. The zero-order chi connectivity index (χ0) is 21.1. The Labute approximate surface area is 165 Å². The molecule has 25 heavy (non-hydrogen) atoms. The van der Waals surface area contributed by atoms with E-state index in [-0.39, 0.29) is 0 Å². The molecule has 0 aromatic rings. The van der Waals surface area contributed by atoms with E-state index in [9.17, 15) is 0 Å². The predicted octanol–water partition coefficient (Wildman–Crippen LogP) is 10.3. The molecule has 0 bridgehead atoms. The highest BCUT2D eigenvalue weighted by Gasteiger charge is 2.11. The molecule has 0 unspecified atom stereocenters. The third kappa shape index (κ3) is 45.3. The Morgan fingerprint density at radius 2 is 1.04 bits per heavy atom. The van der Waals surface area contributed by atoms with Crippen molar-refractivity contribution in [2.75, 3.05) is 0 Å². The molecular formula is C25H58. The SMILES string of the molecule is C=CC1CCC1.CC.CC.CC.CC1CCC1.CCC.CCC(C)C. The summed E-state index contributed by atoms with van der Waals surface area (Å²) >= 11 is 0. The van der Waals surface area contributed by atoms with Crippen molar-refractivity contribution in [3.05, 3.63) is 12.7 Å². The van der Waals surface area contributed by atoms with Gasteiger partial charge in [-0.15, -0.1) is 6.58 Å². The lowest BCUT2D eigenvalue weighted by Crippen LogP contribution is -2.05. The van der Waals surface area contributed by atoms with Crippen molar-refractivity contribution in [3.8, 4) is 0 Å². The molecule has 0 aliphatic heterocycles. The number of hydrogen-bond donors (Lipinski definition) is 0. The summed E-state index contributed by atoms with van der Waals surface area (Å²) in [7, 11) is 0. The topological polar surface area (TPSA) is 0 Å². The fourth-order valence-electron chi connectivity index (χ4n) is 1.29. The van der Waals surface area contributed by atoms with Gasteiger partial charge in [-0.1, -0.05) is 128 Å². The molecular weight excluding hydrogens is 300 g/mol. The number of allylic oxidation sites excluding steroid dienone is 1. The lowest BCUT2D eigenvalue weighted by molar-refractivity contribution is 0.346. The molecule has 0 spiro atoms.